The van der Waals surface area contributed by atoms with Crippen LogP contribution in [0.1, 0.15) is 23.1 Å². The predicted molar refractivity (Wildman–Crippen MR) is 89.1 cm³/mol. The molecule has 7 heteroatoms. The molecule has 0 aliphatic carbocycles. The summed E-state index contributed by atoms with van der Waals surface area (Å²) in [6.07, 6.45) is 1.72. The van der Waals surface area contributed by atoms with Gasteiger partial charge in [-0.1, -0.05) is 18.5 Å². The second-order valence-corrected chi connectivity index (χ2v) is 6.26. The van der Waals surface area contributed by atoms with Gasteiger partial charge in [0.25, 0.3) is 5.91 Å². The monoisotopic (exact) mass is 336 g/mol. The fraction of sp³-hybridized carbons (Fsp3) is 0.500. The number of carbonyl (C=O) groups is 1. The smallest absolute Gasteiger partial charge is 0.270 e. The number of carbonyl (C=O) groups excluding carboxylic acids is 1. The van der Waals surface area contributed by atoms with Gasteiger partial charge in [-0.2, -0.15) is 0 Å². The van der Waals surface area contributed by atoms with Crippen LogP contribution >= 0.6 is 11.6 Å². The molecule has 0 saturated carbocycles. The first-order valence-electron chi connectivity index (χ1n) is 7.73. The van der Waals surface area contributed by atoms with E-state index >= 15 is 0 Å². The van der Waals surface area contributed by atoms with E-state index in [2.05, 4.69) is 22.1 Å². The molecule has 1 N–H and O–H groups in total. The van der Waals surface area contributed by atoms with Crippen LogP contribution in [0.4, 0.5) is 0 Å². The number of halogens is 1. The van der Waals surface area contributed by atoms with Gasteiger partial charge >= 0.3 is 0 Å². The Morgan fingerprint density at radius 1 is 1.48 bits per heavy atom. The van der Waals surface area contributed by atoms with Crippen molar-refractivity contribution in [1.29, 1.82) is 0 Å². The van der Waals surface area contributed by atoms with Crippen LogP contribution in [0, 0.1) is 6.92 Å². The Balaban J connectivity index is 1.86. The Morgan fingerprint density at radius 3 is 2.96 bits per heavy atom. The zero-order valence-corrected chi connectivity index (χ0v) is 14.3. The molecular weight excluding hydrogens is 316 g/mol. The molecule has 1 amide bonds. The van der Waals surface area contributed by atoms with Gasteiger partial charge in [-0.3, -0.25) is 14.1 Å². The van der Waals surface area contributed by atoms with Crippen molar-refractivity contribution in [1.82, 2.24) is 19.6 Å². The number of ether oxygens (including phenoxy) is 1. The third-order valence-electron chi connectivity index (χ3n) is 4.38. The molecule has 6 nitrogen and oxygen atoms in total. The molecule has 2 atom stereocenters. The van der Waals surface area contributed by atoms with Crippen molar-refractivity contribution in [3.05, 3.63) is 34.7 Å². The first kappa shape index (κ1) is 16.2. The molecule has 124 valence electrons. The standard InChI is InChI=1S/C16H21ClN4O2/c1-4-20-8-12(13(9-20)23-3)19-16(22)15-10(2)18-14-6-5-11(17)7-21(14)15/h5-7,12-13H,4,8-9H2,1-3H3,(H,19,22)/t12-,13-/m1/s1. The fourth-order valence-electron chi connectivity index (χ4n) is 3.13. The Kier molecular flexibility index (Phi) is 4.57. The van der Waals surface area contributed by atoms with Crippen LogP contribution in [0.15, 0.2) is 18.3 Å². The number of hydrogen-bond acceptors (Lipinski definition) is 4. The summed E-state index contributed by atoms with van der Waals surface area (Å²) in [7, 11) is 1.68. The number of nitrogens with zero attached hydrogens (tertiary/aromatic N) is 3. The van der Waals surface area contributed by atoms with Crippen molar-refractivity contribution in [3.63, 3.8) is 0 Å². The van der Waals surface area contributed by atoms with E-state index in [1.807, 2.05) is 6.92 Å². The molecule has 2 aromatic heterocycles. The van der Waals surface area contributed by atoms with Crippen molar-refractivity contribution in [2.24, 2.45) is 0 Å². The van der Waals surface area contributed by atoms with Gasteiger partial charge in [0, 0.05) is 26.4 Å². The van der Waals surface area contributed by atoms with Crippen LogP contribution in [0.3, 0.4) is 0 Å². The minimum atomic E-state index is -0.151. The lowest BCUT2D eigenvalue weighted by molar-refractivity contribution is 0.0758. The number of likely N-dealkylation sites (N-methyl/N-ethyl adjacent to an activating group) is 1. The van der Waals surface area contributed by atoms with E-state index in [-0.39, 0.29) is 18.1 Å². The molecule has 1 fully saturated rings. The molecule has 0 aromatic carbocycles. The topological polar surface area (TPSA) is 58.9 Å². The van der Waals surface area contributed by atoms with Crippen molar-refractivity contribution in [2.75, 3.05) is 26.7 Å². The molecule has 3 heterocycles. The van der Waals surface area contributed by atoms with Gasteiger partial charge in [0.1, 0.15) is 11.3 Å². The van der Waals surface area contributed by atoms with E-state index in [1.54, 1.807) is 29.8 Å². The highest BCUT2D eigenvalue weighted by Crippen LogP contribution is 2.18. The van der Waals surface area contributed by atoms with Crippen LogP contribution in [-0.4, -0.2) is 59.1 Å². The maximum atomic E-state index is 12.8. The molecular formula is C16H21ClN4O2. The SMILES string of the molecule is CCN1C[C@@H](NC(=O)c2c(C)nc3ccc(Cl)cn23)[C@H](OC)C1. The zero-order chi connectivity index (χ0) is 16.6. The maximum absolute atomic E-state index is 12.8. The molecule has 0 unspecified atom stereocenters. The van der Waals surface area contributed by atoms with E-state index in [4.69, 9.17) is 16.3 Å². The second kappa shape index (κ2) is 6.47. The molecule has 1 aliphatic rings. The first-order chi connectivity index (χ1) is 11.0. The number of rotatable bonds is 4. The summed E-state index contributed by atoms with van der Waals surface area (Å²) >= 11 is 6.05. The quantitative estimate of drug-likeness (QED) is 0.924. The van der Waals surface area contributed by atoms with Crippen LogP contribution in [0.5, 0.6) is 0 Å². The van der Waals surface area contributed by atoms with Gasteiger partial charge in [-0.05, 0) is 25.6 Å². The zero-order valence-electron chi connectivity index (χ0n) is 13.5. The number of aromatic nitrogens is 2. The summed E-state index contributed by atoms with van der Waals surface area (Å²) in [5.74, 6) is -0.151. The Labute approximate surface area is 140 Å². The summed E-state index contributed by atoms with van der Waals surface area (Å²) < 4.78 is 7.25. The molecule has 2 aromatic rings. The second-order valence-electron chi connectivity index (χ2n) is 5.83. The molecule has 1 saturated heterocycles. The van der Waals surface area contributed by atoms with Crippen LogP contribution in [0.25, 0.3) is 5.65 Å². The molecule has 0 bridgehead atoms. The summed E-state index contributed by atoms with van der Waals surface area (Å²) in [5.41, 5.74) is 1.92. The molecule has 0 spiro atoms. The average molecular weight is 337 g/mol. The Morgan fingerprint density at radius 2 is 2.26 bits per heavy atom. The number of fused-ring (bicyclic) bond motifs is 1. The third-order valence-corrected chi connectivity index (χ3v) is 4.60. The molecule has 23 heavy (non-hydrogen) atoms. The number of imidazole rings is 1. The number of pyridine rings is 1. The van der Waals surface area contributed by atoms with Crippen LogP contribution in [0.2, 0.25) is 5.02 Å². The van der Waals surface area contributed by atoms with Crippen molar-refractivity contribution in [2.45, 2.75) is 26.0 Å². The highest BCUT2D eigenvalue weighted by atomic mass is 35.5. The number of hydrogen-bond donors (Lipinski definition) is 1. The third kappa shape index (κ3) is 3.06. The van der Waals surface area contributed by atoms with Crippen LogP contribution < -0.4 is 5.32 Å². The number of aryl methyl sites for hydroxylation is 1. The summed E-state index contributed by atoms with van der Waals surface area (Å²) in [5, 5.41) is 3.66. The lowest BCUT2D eigenvalue weighted by Gasteiger charge is -2.18. The Bertz CT molecular complexity index is 730. The van der Waals surface area contributed by atoms with E-state index < -0.39 is 0 Å². The number of likely N-dealkylation sites (tertiary alicyclic amines) is 1. The minimum Gasteiger partial charge on any atom is -0.378 e. The minimum absolute atomic E-state index is 0.00183. The number of amides is 1. The van der Waals surface area contributed by atoms with Gasteiger partial charge in [-0.15, -0.1) is 0 Å². The van der Waals surface area contributed by atoms with Crippen molar-refractivity contribution in [3.8, 4) is 0 Å². The van der Waals surface area contributed by atoms with E-state index in [9.17, 15) is 4.79 Å². The first-order valence-corrected chi connectivity index (χ1v) is 8.11. The van der Waals surface area contributed by atoms with Gasteiger partial charge in [0.2, 0.25) is 0 Å². The number of nitrogens with one attached hydrogen (secondary N) is 1. The largest absolute Gasteiger partial charge is 0.378 e. The van der Waals surface area contributed by atoms with Crippen molar-refractivity contribution >= 4 is 23.2 Å². The summed E-state index contributed by atoms with van der Waals surface area (Å²) in [4.78, 5) is 19.5. The van der Waals surface area contributed by atoms with E-state index in [1.165, 1.54) is 0 Å². The lowest BCUT2D eigenvalue weighted by Crippen LogP contribution is -2.44. The van der Waals surface area contributed by atoms with E-state index in [0.717, 1.165) is 19.6 Å². The van der Waals surface area contributed by atoms with Gasteiger partial charge in [-0.25, -0.2) is 4.98 Å². The fourth-order valence-corrected chi connectivity index (χ4v) is 3.29. The highest BCUT2D eigenvalue weighted by molar-refractivity contribution is 6.30. The predicted octanol–water partition coefficient (Wildman–Crippen LogP) is 1.75. The normalized spacial score (nSPS) is 21.9. The van der Waals surface area contributed by atoms with Gasteiger partial charge < -0.3 is 10.1 Å². The van der Waals surface area contributed by atoms with Gasteiger partial charge in [0.05, 0.1) is 22.9 Å². The molecule has 3 rings (SSSR count). The molecule has 1 aliphatic heterocycles. The van der Waals surface area contributed by atoms with Gasteiger partial charge in [0.15, 0.2) is 0 Å². The lowest BCUT2D eigenvalue weighted by atomic mass is 10.2. The number of methoxy groups -OCH3 is 1. The Hall–Kier alpha value is -1.63. The van der Waals surface area contributed by atoms with Crippen molar-refractivity contribution < 1.29 is 9.53 Å². The highest BCUT2D eigenvalue weighted by Gasteiger charge is 2.34. The maximum Gasteiger partial charge on any atom is 0.270 e. The summed E-state index contributed by atoms with van der Waals surface area (Å²) in [6, 6.07) is 3.54. The molecule has 0 radical (unpaired) electrons. The van der Waals surface area contributed by atoms with E-state index in [0.29, 0.717) is 22.1 Å². The summed E-state index contributed by atoms with van der Waals surface area (Å²) in [6.45, 7) is 6.49. The van der Waals surface area contributed by atoms with Crippen LogP contribution in [-0.2, 0) is 4.74 Å². The average Bonchev–Trinajstić information content (AvgIpc) is 3.06.